The number of aryl methyl sites for hydroxylation is 4. The molecule has 152 valence electrons. The standard InChI is InChI=1S/C23H26N2O4/c1-14-9-15(2)22(16(3)10-14)24-21(26)13-29-23(27)20-11-17(4)25(18(20)5)12-19-7-6-8-28-19/h6-11H,12-13H2,1-5H3,(H,24,26). The van der Waals surface area contributed by atoms with Crippen LogP contribution in [0.5, 0.6) is 0 Å². The quantitative estimate of drug-likeness (QED) is 0.626. The van der Waals surface area contributed by atoms with E-state index in [1.165, 1.54) is 0 Å². The second-order valence-electron chi connectivity index (χ2n) is 7.35. The monoisotopic (exact) mass is 394 g/mol. The van der Waals surface area contributed by atoms with Gasteiger partial charge in [0.15, 0.2) is 6.61 Å². The number of furan rings is 1. The molecule has 3 rings (SSSR count). The average Bonchev–Trinajstić information content (AvgIpc) is 3.26. The first-order valence-corrected chi connectivity index (χ1v) is 9.50. The minimum atomic E-state index is -0.517. The lowest BCUT2D eigenvalue weighted by atomic mass is 10.1. The van der Waals surface area contributed by atoms with Gasteiger partial charge in [0.05, 0.1) is 18.4 Å². The van der Waals surface area contributed by atoms with Crippen LogP contribution in [0.25, 0.3) is 0 Å². The third-order valence-corrected chi connectivity index (χ3v) is 4.96. The molecule has 0 aliphatic carbocycles. The highest BCUT2D eigenvalue weighted by molar-refractivity contribution is 5.97. The molecule has 0 fully saturated rings. The molecule has 6 heteroatoms. The lowest BCUT2D eigenvalue weighted by molar-refractivity contribution is -0.119. The van der Waals surface area contributed by atoms with E-state index in [0.29, 0.717) is 12.1 Å². The zero-order valence-corrected chi connectivity index (χ0v) is 17.5. The molecule has 0 bridgehead atoms. The van der Waals surface area contributed by atoms with E-state index in [9.17, 15) is 9.59 Å². The Balaban J connectivity index is 1.64. The number of carbonyl (C=O) groups is 2. The Morgan fingerprint density at radius 3 is 2.38 bits per heavy atom. The SMILES string of the molecule is Cc1cc(C)c(NC(=O)COC(=O)c2cc(C)n(Cc3ccco3)c2C)c(C)c1. The summed E-state index contributed by atoms with van der Waals surface area (Å²) in [4.78, 5) is 24.8. The maximum Gasteiger partial charge on any atom is 0.340 e. The summed E-state index contributed by atoms with van der Waals surface area (Å²) in [5.74, 6) is -0.0796. The summed E-state index contributed by atoms with van der Waals surface area (Å²) in [5, 5.41) is 2.84. The number of hydrogen-bond acceptors (Lipinski definition) is 4. The molecule has 0 saturated heterocycles. The Labute approximate surface area is 170 Å². The lowest BCUT2D eigenvalue weighted by Gasteiger charge is -2.13. The van der Waals surface area contributed by atoms with Gasteiger partial charge >= 0.3 is 5.97 Å². The Hall–Kier alpha value is -3.28. The largest absolute Gasteiger partial charge is 0.467 e. The summed E-state index contributed by atoms with van der Waals surface area (Å²) in [7, 11) is 0. The normalized spacial score (nSPS) is 10.8. The van der Waals surface area contributed by atoms with E-state index in [1.807, 2.05) is 63.5 Å². The molecule has 1 aromatic carbocycles. The molecule has 0 atom stereocenters. The van der Waals surface area contributed by atoms with Crippen LogP contribution in [0.2, 0.25) is 0 Å². The number of esters is 1. The number of hydrogen-bond donors (Lipinski definition) is 1. The van der Waals surface area contributed by atoms with Crippen LogP contribution < -0.4 is 5.32 Å². The summed E-state index contributed by atoms with van der Waals surface area (Å²) >= 11 is 0. The van der Waals surface area contributed by atoms with Gasteiger partial charge in [0.2, 0.25) is 0 Å². The molecule has 0 spiro atoms. The maximum atomic E-state index is 12.5. The number of nitrogens with zero attached hydrogens (tertiary/aromatic N) is 1. The van der Waals surface area contributed by atoms with Crippen molar-refractivity contribution in [3.8, 4) is 0 Å². The van der Waals surface area contributed by atoms with Crippen LogP contribution in [0, 0.1) is 34.6 Å². The van der Waals surface area contributed by atoms with E-state index in [-0.39, 0.29) is 12.5 Å². The fourth-order valence-electron chi connectivity index (χ4n) is 3.57. The van der Waals surface area contributed by atoms with Crippen LogP contribution in [0.15, 0.2) is 41.0 Å². The molecular weight excluding hydrogens is 368 g/mol. The van der Waals surface area contributed by atoms with Gasteiger partial charge in [-0.2, -0.15) is 0 Å². The summed E-state index contributed by atoms with van der Waals surface area (Å²) in [6.45, 7) is 9.85. The van der Waals surface area contributed by atoms with Gasteiger partial charge in [0.25, 0.3) is 5.91 Å². The first-order chi connectivity index (χ1) is 13.8. The van der Waals surface area contributed by atoms with E-state index in [2.05, 4.69) is 5.32 Å². The van der Waals surface area contributed by atoms with Crippen molar-refractivity contribution in [2.24, 2.45) is 0 Å². The number of amides is 1. The zero-order chi connectivity index (χ0) is 21.1. The third-order valence-electron chi connectivity index (χ3n) is 4.96. The van der Waals surface area contributed by atoms with Crippen molar-refractivity contribution in [2.45, 2.75) is 41.2 Å². The number of ether oxygens (including phenoxy) is 1. The van der Waals surface area contributed by atoms with Crippen molar-refractivity contribution in [3.05, 3.63) is 76.0 Å². The van der Waals surface area contributed by atoms with Crippen LogP contribution in [0.4, 0.5) is 5.69 Å². The van der Waals surface area contributed by atoms with Gasteiger partial charge < -0.3 is 19.0 Å². The fourth-order valence-corrected chi connectivity index (χ4v) is 3.57. The molecule has 0 unspecified atom stereocenters. The minimum Gasteiger partial charge on any atom is -0.467 e. The minimum absolute atomic E-state index is 0.340. The predicted octanol–water partition coefficient (Wildman–Crippen LogP) is 4.47. The van der Waals surface area contributed by atoms with E-state index >= 15 is 0 Å². The summed E-state index contributed by atoms with van der Waals surface area (Å²) in [5.41, 5.74) is 5.98. The highest BCUT2D eigenvalue weighted by Gasteiger charge is 2.19. The van der Waals surface area contributed by atoms with Crippen LogP contribution in [0.3, 0.4) is 0 Å². The summed E-state index contributed by atoms with van der Waals surface area (Å²) < 4.78 is 12.6. The topological polar surface area (TPSA) is 73.5 Å². The van der Waals surface area contributed by atoms with Crippen LogP contribution in [-0.2, 0) is 16.1 Å². The van der Waals surface area contributed by atoms with Gasteiger partial charge in [-0.05, 0) is 63.9 Å². The van der Waals surface area contributed by atoms with E-state index < -0.39 is 5.97 Å². The van der Waals surface area contributed by atoms with Crippen molar-refractivity contribution < 1.29 is 18.7 Å². The molecule has 0 aliphatic heterocycles. The first-order valence-electron chi connectivity index (χ1n) is 9.50. The third kappa shape index (κ3) is 4.59. The summed E-state index contributed by atoms with van der Waals surface area (Å²) in [6.07, 6.45) is 1.62. The van der Waals surface area contributed by atoms with Crippen molar-refractivity contribution >= 4 is 17.6 Å². The Kier molecular flexibility index (Phi) is 5.92. The molecule has 0 aliphatic rings. The number of anilines is 1. The van der Waals surface area contributed by atoms with E-state index in [4.69, 9.17) is 9.15 Å². The first kappa shape index (κ1) is 20.5. The average molecular weight is 394 g/mol. The molecule has 6 nitrogen and oxygen atoms in total. The molecule has 0 saturated carbocycles. The van der Waals surface area contributed by atoms with Gasteiger partial charge in [0, 0.05) is 17.1 Å². The second-order valence-corrected chi connectivity index (χ2v) is 7.35. The van der Waals surface area contributed by atoms with Crippen LogP contribution in [0.1, 0.15) is 44.2 Å². The maximum absolute atomic E-state index is 12.5. The van der Waals surface area contributed by atoms with Gasteiger partial charge in [-0.1, -0.05) is 17.7 Å². The van der Waals surface area contributed by atoms with Crippen molar-refractivity contribution in [3.63, 3.8) is 0 Å². The molecule has 0 radical (unpaired) electrons. The lowest BCUT2D eigenvalue weighted by Crippen LogP contribution is -2.22. The van der Waals surface area contributed by atoms with Crippen molar-refractivity contribution in [1.82, 2.24) is 4.57 Å². The fraction of sp³-hybridized carbons (Fsp3) is 0.304. The van der Waals surface area contributed by atoms with Crippen molar-refractivity contribution in [1.29, 1.82) is 0 Å². The Morgan fingerprint density at radius 2 is 1.76 bits per heavy atom. The highest BCUT2D eigenvalue weighted by Crippen LogP contribution is 2.22. The van der Waals surface area contributed by atoms with Gasteiger partial charge in [-0.3, -0.25) is 4.79 Å². The van der Waals surface area contributed by atoms with Crippen LogP contribution in [-0.4, -0.2) is 23.1 Å². The number of nitrogens with one attached hydrogen (secondary N) is 1. The second kappa shape index (κ2) is 8.39. The van der Waals surface area contributed by atoms with E-state index in [0.717, 1.165) is 39.5 Å². The summed E-state index contributed by atoms with van der Waals surface area (Å²) in [6, 6.07) is 9.49. The number of aromatic nitrogens is 1. The van der Waals surface area contributed by atoms with Gasteiger partial charge in [0.1, 0.15) is 5.76 Å². The number of benzene rings is 1. The molecule has 2 heterocycles. The molecule has 2 aromatic heterocycles. The smallest absolute Gasteiger partial charge is 0.340 e. The molecule has 3 aromatic rings. The molecule has 1 N–H and O–H groups in total. The number of rotatable bonds is 6. The van der Waals surface area contributed by atoms with Crippen molar-refractivity contribution in [2.75, 3.05) is 11.9 Å². The predicted molar refractivity (Wildman–Crippen MR) is 111 cm³/mol. The van der Waals surface area contributed by atoms with Gasteiger partial charge in [-0.25, -0.2) is 4.79 Å². The molecular formula is C23H26N2O4. The zero-order valence-electron chi connectivity index (χ0n) is 17.5. The Morgan fingerprint density at radius 1 is 1.07 bits per heavy atom. The van der Waals surface area contributed by atoms with E-state index in [1.54, 1.807) is 12.3 Å². The number of carbonyl (C=O) groups excluding carboxylic acids is 2. The molecule has 29 heavy (non-hydrogen) atoms. The van der Waals surface area contributed by atoms with Gasteiger partial charge in [-0.15, -0.1) is 0 Å². The van der Waals surface area contributed by atoms with Crippen LogP contribution >= 0.6 is 0 Å². The highest BCUT2D eigenvalue weighted by atomic mass is 16.5. The molecule has 1 amide bonds. The Bertz CT molecular complexity index is 1020.